The maximum atomic E-state index is 13.1. The van der Waals surface area contributed by atoms with E-state index in [0.29, 0.717) is 11.5 Å². The summed E-state index contributed by atoms with van der Waals surface area (Å²) < 4.78 is 3.51. The van der Waals surface area contributed by atoms with Crippen LogP contribution in [0.2, 0.25) is 0 Å². The lowest BCUT2D eigenvalue weighted by Gasteiger charge is -2.28. The number of rotatable bonds is 3. The Labute approximate surface area is 150 Å². The summed E-state index contributed by atoms with van der Waals surface area (Å²) in [5.74, 6) is 0.419. The van der Waals surface area contributed by atoms with E-state index in [1.807, 2.05) is 51.2 Å². The number of carbonyl (C=O) groups is 1. The van der Waals surface area contributed by atoms with Crippen molar-refractivity contribution in [1.82, 2.24) is 24.5 Å². The molecule has 2 N–H and O–H groups in total. The van der Waals surface area contributed by atoms with Crippen LogP contribution >= 0.6 is 0 Å². The van der Waals surface area contributed by atoms with E-state index in [1.54, 1.807) is 15.6 Å². The Morgan fingerprint density at radius 2 is 1.96 bits per heavy atom. The lowest BCUT2D eigenvalue weighted by atomic mass is 9.95. The van der Waals surface area contributed by atoms with Crippen molar-refractivity contribution in [3.63, 3.8) is 0 Å². The van der Waals surface area contributed by atoms with Gasteiger partial charge in [0.05, 0.1) is 11.8 Å². The van der Waals surface area contributed by atoms with Crippen LogP contribution in [-0.4, -0.2) is 30.5 Å². The number of amides is 1. The number of anilines is 2. The molecule has 0 saturated carbocycles. The maximum Gasteiger partial charge on any atom is 0.255 e. The summed E-state index contributed by atoms with van der Waals surface area (Å²) in [7, 11) is 1.88. The number of allylic oxidation sites excluding steroid dienone is 1. The standard InChI is InChI=1S/C18H19N7O/c1-11-15(17(26)23-13-7-5-4-6-8-13)16(14-9-20-24(3)12(14)2)25-18(22-11)19-10-21-25/h4-10,16H,1-3H3,(H,23,26)(H,19,21,22)/t16-/m1/s1. The first-order valence-corrected chi connectivity index (χ1v) is 8.28. The van der Waals surface area contributed by atoms with Gasteiger partial charge in [0.2, 0.25) is 5.95 Å². The average molecular weight is 349 g/mol. The normalized spacial score (nSPS) is 16.2. The molecule has 1 aromatic carbocycles. The third kappa shape index (κ3) is 2.55. The Morgan fingerprint density at radius 1 is 1.19 bits per heavy atom. The first-order valence-electron chi connectivity index (χ1n) is 8.28. The smallest absolute Gasteiger partial charge is 0.255 e. The van der Waals surface area contributed by atoms with Crippen molar-refractivity contribution in [2.24, 2.45) is 7.05 Å². The van der Waals surface area contributed by atoms with Crippen LogP contribution in [0.3, 0.4) is 0 Å². The predicted octanol–water partition coefficient (Wildman–Crippen LogP) is 2.25. The Morgan fingerprint density at radius 3 is 2.65 bits per heavy atom. The minimum absolute atomic E-state index is 0.185. The molecule has 1 atom stereocenters. The second kappa shape index (κ2) is 6.14. The van der Waals surface area contributed by atoms with Gasteiger partial charge in [-0.3, -0.25) is 9.48 Å². The molecular formula is C18H19N7O. The second-order valence-electron chi connectivity index (χ2n) is 6.22. The van der Waals surface area contributed by atoms with Gasteiger partial charge in [-0.05, 0) is 26.0 Å². The highest BCUT2D eigenvalue weighted by Gasteiger charge is 2.35. The van der Waals surface area contributed by atoms with Crippen molar-refractivity contribution in [2.75, 3.05) is 10.6 Å². The highest BCUT2D eigenvalue weighted by molar-refractivity contribution is 6.06. The van der Waals surface area contributed by atoms with Crippen molar-refractivity contribution in [2.45, 2.75) is 19.9 Å². The monoisotopic (exact) mass is 349 g/mol. The fraction of sp³-hybridized carbons (Fsp3) is 0.222. The predicted molar refractivity (Wildman–Crippen MR) is 97.5 cm³/mol. The van der Waals surface area contributed by atoms with Crippen molar-refractivity contribution >= 4 is 17.5 Å². The van der Waals surface area contributed by atoms with Gasteiger partial charge in [0.15, 0.2) is 0 Å². The third-order valence-corrected chi connectivity index (χ3v) is 4.64. The molecule has 3 aromatic rings. The highest BCUT2D eigenvalue weighted by atomic mass is 16.1. The van der Waals surface area contributed by atoms with Gasteiger partial charge in [-0.25, -0.2) is 4.68 Å². The van der Waals surface area contributed by atoms with E-state index in [1.165, 1.54) is 6.33 Å². The Bertz CT molecular complexity index is 1000. The number of nitrogens with zero attached hydrogens (tertiary/aromatic N) is 5. The lowest BCUT2D eigenvalue weighted by Crippen LogP contribution is -2.31. The van der Waals surface area contributed by atoms with Crippen LogP contribution in [0.4, 0.5) is 11.6 Å². The molecule has 0 fully saturated rings. The molecular weight excluding hydrogens is 330 g/mol. The van der Waals surface area contributed by atoms with E-state index in [0.717, 1.165) is 22.6 Å². The largest absolute Gasteiger partial charge is 0.328 e. The summed E-state index contributed by atoms with van der Waals surface area (Å²) in [4.78, 5) is 17.4. The van der Waals surface area contributed by atoms with E-state index in [2.05, 4.69) is 25.8 Å². The van der Waals surface area contributed by atoms with Gasteiger partial charge < -0.3 is 10.6 Å². The van der Waals surface area contributed by atoms with Crippen molar-refractivity contribution < 1.29 is 4.79 Å². The Kier molecular flexibility index (Phi) is 3.80. The van der Waals surface area contributed by atoms with E-state index in [9.17, 15) is 4.79 Å². The van der Waals surface area contributed by atoms with Gasteiger partial charge in [0.1, 0.15) is 12.4 Å². The maximum absolute atomic E-state index is 13.1. The molecule has 1 aliphatic heterocycles. The molecule has 1 aliphatic rings. The summed E-state index contributed by atoms with van der Waals surface area (Å²) in [6.45, 7) is 3.85. The van der Waals surface area contributed by atoms with Crippen LogP contribution in [-0.2, 0) is 11.8 Å². The van der Waals surface area contributed by atoms with Crippen LogP contribution in [0.1, 0.15) is 24.2 Å². The highest BCUT2D eigenvalue weighted by Crippen LogP contribution is 2.36. The molecule has 2 aromatic heterocycles. The number of aromatic nitrogens is 5. The molecule has 0 spiro atoms. The molecule has 132 valence electrons. The SMILES string of the molecule is CC1=C(C(=O)Nc2ccccc2)[C@@H](c2cnn(C)c2C)n2ncnc2N1. The molecule has 26 heavy (non-hydrogen) atoms. The van der Waals surface area contributed by atoms with Crippen molar-refractivity contribution in [1.29, 1.82) is 0 Å². The van der Waals surface area contributed by atoms with Crippen LogP contribution < -0.4 is 10.6 Å². The zero-order valence-corrected chi connectivity index (χ0v) is 14.8. The van der Waals surface area contributed by atoms with Gasteiger partial charge in [0.25, 0.3) is 5.91 Å². The van der Waals surface area contributed by atoms with Gasteiger partial charge >= 0.3 is 0 Å². The topological polar surface area (TPSA) is 89.7 Å². The molecule has 8 nitrogen and oxygen atoms in total. The van der Waals surface area contributed by atoms with E-state index in [4.69, 9.17) is 0 Å². The van der Waals surface area contributed by atoms with Gasteiger partial charge in [-0.2, -0.15) is 15.2 Å². The number of hydrogen-bond donors (Lipinski definition) is 2. The number of nitrogens with one attached hydrogen (secondary N) is 2. The molecule has 3 heterocycles. The van der Waals surface area contributed by atoms with Crippen LogP contribution in [0.15, 0.2) is 54.1 Å². The van der Waals surface area contributed by atoms with E-state index < -0.39 is 6.04 Å². The minimum Gasteiger partial charge on any atom is -0.328 e. The molecule has 0 unspecified atom stereocenters. The average Bonchev–Trinajstić information content (AvgIpc) is 3.22. The summed E-state index contributed by atoms with van der Waals surface area (Å²) in [5, 5.41) is 14.8. The molecule has 0 radical (unpaired) electrons. The molecule has 0 bridgehead atoms. The summed E-state index contributed by atoms with van der Waals surface area (Å²) in [6, 6.07) is 8.99. The number of aryl methyl sites for hydroxylation is 1. The number of benzene rings is 1. The lowest BCUT2D eigenvalue weighted by molar-refractivity contribution is -0.113. The van der Waals surface area contributed by atoms with E-state index in [-0.39, 0.29) is 5.91 Å². The Balaban J connectivity index is 1.80. The van der Waals surface area contributed by atoms with Gasteiger partial charge in [-0.15, -0.1) is 0 Å². The van der Waals surface area contributed by atoms with Crippen molar-refractivity contribution in [3.05, 3.63) is 65.4 Å². The molecule has 1 amide bonds. The zero-order chi connectivity index (χ0) is 18.3. The van der Waals surface area contributed by atoms with Gasteiger partial charge in [-0.1, -0.05) is 18.2 Å². The van der Waals surface area contributed by atoms with E-state index >= 15 is 0 Å². The third-order valence-electron chi connectivity index (χ3n) is 4.64. The van der Waals surface area contributed by atoms with Crippen molar-refractivity contribution in [3.8, 4) is 0 Å². The number of hydrogen-bond acceptors (Lipinski definition) is 5. The summed E-state index contributed by atoms with van der Waals surface area (Å²) in [6.07, 6.45) is 3.26. The number of carbonyl (C=O) groups excluding carboxylic acids is 1. The van der Waals surface area contributed by atoms with Gasteiger partial charge in [0, 0.05) is 29.7 Å². The molecule has 0 saturated heterocycles. The minimum atomic E-state index is -0.397. The quantitative estimate of drug-likeness (QED) is 0.757. The second-order valence-corrected chi connectivity index (χ2v) is 6.22. The Hall–Kier alpha value is -3.42. The number of fused-ring (bicyclic) bond motifs is 1. The van der Waals surface area contributed by atoms with Crippen LogP contribution in [0.25, 0.3) is 0 Å². The molecule has 4 rings (SSSR count). The first-order chi connectivity index (χ1) is 12.6. The molecule has 0 aliphatic carbocycles. The first kappa shape index (κ1) is 16.1. The fourth-order valence-corrected chi connectivity index (χ4v) is 3.18. The summed E-state index contributed by atoms with van der Waals surface area (Å²) >= 11 is 0. The zero-order valence-electron chi connectivity index (χ0n) is 14.8. The van der Waals surface area contributed by atoms with Crippen LogP contribution in [0.5, 0.6) is 0 Å². The summed E-state index contributed by atoms with van der Waals surface area (Å²) in [5.41, 5.74) is 3.95. The molecule has 8 heteroatoms. The fourth-order valence-electron chi connectivity index (χ4n) is 3.18. The number of para-hydroxylation sites is 1. The van der Waals surface area contributed by atoms with Crippen LogP contribution in [0, 0.1) is 6.92 Å².